The van der Waals surface area contributed by atoms with Gasteiger partial charge in [-0.05, 0) is 26.0 Å². The van der Waals surface area contributed by atoms with Crippen molar-refractivity contribution in [3.05, 3.63) is 46.0 Å². The molecule has 0 bridgehead atoms. The Balaban J connectivity index is 2.16. The molecule has 3 aromatic rings. The molecule has 2 aromatic heterocycles. The molecule has 10 heteroatoms. The highest BCUT2D eigenvalue weighted by Crippen LogP contribution is 2.22. The maximum atomic E-state index is 14.3. The maximum Gasteiger partial charge on any atom is 0.326 e. The molecule has 3 rings (SSSR count). The Kier molecular flexibility index (Phi) is 5.17. The van der Waals surface area contributed by atoms with Crippen LogP contribution in [0.4, 0.5) is 8.78 Å². The van der Waals surface area contributed by atoms with Crippen molar-refractivity contribution in [3.8, 4) is 0 Å². The van der Waals surface area contributed by atoms with Gasteiger partial charge < -0.3 is 9.30 Å². The standard InChI is InChI=1S/C17H16F2N4O3S/c1-4-26-14(24)8-23-15-11(19)6-10(18)7-13(15)27-17(23)20-16(25)12-5-9(2)22(3)21-12/h5-7H,4,8H2,1-3H3. The van der Waals surface area contributed by atoms with E-state index in [4.69, 9.17) is 4.74 Å². The monoisotopic (exact) mass is 394 g/mol. The fourth-order valence-electron chi connectivity index (χ4n) is 2.51. The van der Waals surface area contributed by atoms with E-state index in [1.54, 1.807) is 27.0 Å². The van der Waals surface area contributed by atoms with E-state index < -0.39 is 23.5 Å². The van der Waals surface area contributed by atoms with Crippen molar-refractivity contribution in [2.75, 3.05) is 6.61 Å². The van der Waals surface area contributed by atoms with E-state index in [2.05, 4.69) is 10.1 Å². The van der Waals surface area contributed by atoms with Crippen LogP contribution in [0.25, 0.3) is 10.2 Å². The highest BCUT2D eigenvalue weighted by Gasteiger charge is 2.18. The Labute approximate surface area is 156 Å². The molecule has 2 heterocycles. The van der Waals surface area contributed by atoms with Crippen LogP contribution in [0.3, 0.4) is 0 Å². The zero-order chi connectivity index (χ0) is 19.7. The van der Waals surface area contributed by atoms with Crippen LogP contribution in [-0.2, 0) is 23.1 Å². The Bertz CT molecular complexity index is 1090. The number of nitrogens with zero attached hydrogens (tertiary/aromatic N) is 4. The van der Waals surface area contributed by atoms with Crippen LogP contribution in [-0.4, -0.2) is 32.8 Å². The molecule has 7 nitrogen and oxygen atoms in total. The van der Waals surface area contributed by atoms with E-state index in [1.807, 2.05) is 0 Å². The molecule has 0 unspecified atom stereocenters. The van der Waals surface area contributed by atoms with E-state index in [0.717, 1.165) is 23.1 Å². The lowest BCUT2D eigenvalue weighted by molar-refractivity contribution is -0.143. The van der Waals surface area contributed by atoms with Gasteiger partial charge in [-0.2, -0.15) is 10.1 Å². The molecule has 0 radical (unpaired) electrons. The Hall–Kier alpha value is -2.88. The van der Waals surface area contributed by atoms with E-state index in [1.165, 1.54) is 9.25 Å². The third-order valence-electron chi connectivity index (χ3n) is 3.82. The molecule has 0 N–H and O–H groups in total. The number of aromatic nitrogens is 3. The van der Waals surface area contributed by atoms with Crippen LogP contribution >= 0.6 is 11.3 Å². The predicted octanol–water partition coefficient (Wildman–Crippen LogP) is 2.33. The number of carbonyl (C=O) groups is 2. The number of hydrogen-bond donors (Lipinski definition) is 0. The normalized spacial score (nSPS) is 12.0. The van der Waals surface area contributed by atoms with Crippen LogP contribution < -0.4 is 4.80 Å². The van der Waals surface area contributed by atoms with Gasteiger partial charge >= 0.3 is 5.97 Å². The molecule has 142 valence electrons. The van der Waals surface area contributed by atoms with E-state index in [-0.39, 0.29) is 33.9 Å². The van der Waals surface area contributed by atoms with Crippen LogP contribution in [0.15, 0.2) is 23.2 Å². The molecule has 27 heavy (non-hydrogen) atoms. The fraction of sp³-hybridized carbons (Fsp3) is 0.294. The Morgan fingerprint density at radius 2 is 2.04 bits per heavy atom. The predicted molar refractivity (Wildman–Crippen MR) is 94.2 cm³/mol. The van der Waals surface area contributed by atoms with Gasteiger partial charge in [0.25, 0.3) is 5.91 Å². The van der Waals surface area contributed by atoms with Crippen LogP contribution in [0.2, 0.25) is 0 Å². The molecule has 1 aromatic carbocycles. The molecular formula is C17H16F2N4O3S. The molecule has 0 saturated heterocycles. The lowest BCUT2D eigenvalue weighted by Crippen LogP contribution is -2.23. The first-order chi connectivity index (χ1) is 12.8. The number of halogens is 2. The number of fused-ring (bicyclic) bond motifs is 1. The maximum absolute atomic E-state index is 14.3. The van der Waals surface area contributed by atoms with Crippen molar-refractivity contribution in [1.82, 2.24) is 14.3 Å². The van der Waals surface area contributed by atoms with Gasteiger partial charge in [-0.25, -0.2) is 8.78 Å². The number of carbonyl (C=O) groups excluding carboxylic acids is 2. The Morgan fingerprint density at radius 3 is 2.67 bits per heavy atom. The number of amides is 1. The van der Waals surface area contributed by atoms with Crippen molar-refractivity contribution in [3.63, 3.8) is 0 Å². The van der Waals surface area contributed by atoms with E-state index >= 15 is 0 Å². The molecule has 0 atom stereocenters. The average molecular weight is 394 g/mol. The van der Waals surface area contributed by atoms with E-state index in [0.29, 0.717) is 6.07 Å². The lowest BCUT2D eigenvalue weighted by Gasteiger charge is -2.05. The summed E-state index contributed by atoms with van der Waals surface area (Å²) >= 11 is 0.899. The molecule has 0 aliphatic heterocycles. The second-order valence-corrected chi connectivity index (χ2v) is 6.73. The summed E-state index contributed by atoms with van der Waals surface area (Å²) in [5, 5.41) is 4.05. The first-order valence-electron chi connectivity index (χ1n) is 8.04. The second-order valence-electron chi connectivity index (χ2n) is 5.72. The molecule has 1 amide bonds. The first kappa shape index (κ1) is 18.9. The molecule has 0 aliphatic carbocycles. The van der Waals surface area contributed by atoms with Crippen molar-refractivity contribution in [2.24, 2.45) is 12.0 Å². The van der Waals surface area contributed by atoms with Gasteiger partial charge in [0, 0.05) is 18.8 Å². The van der Waals surface area contributed by atoms with Crippen LogP contribution in [0.5, 0.6) is 0 Å². The SMILES string of the molecule is CCOC(=O)Cn1c(=NC(=O)c2cc(C)n(C)n2)sc2cc(F)cc(F)c21. The Morgan fingerprint density at radius 1 is 1.30 bits per heavy atom. The number of thiazole rings is 1. The molecule has 0 spiro atoms. The van der Waals surface area contributed by atoms with Gasteiger partial charge in [0.2, 0.25) is 0 Å². The van der Waals surface area contributed by atoms with Gasteiger partial charge in [-0.1, -0.05) is 11.3 Å². The van der Waals surface area contributed by atoms with Crippen molar-refractivity contribution in [1.29, 1.82) is 0 Å². The third kappa shape index (κ3) is 3.80. The number of esters is 1. The number of hydrogen-bond acceptors (Lipinski definition) is 5. The second kappa shape index (κ2) is 7.39. The molecule has 0 saturated carbocycles. The van der Waals surface area contributed by atoms with Crippen molar-refractivity contribution in [2.45, 2.75) is 20.4 Å². The summed E-state index contributed by atoms with van der Waals surface area (Å²) in [4.78, 5) is 28.4. The molecule has 0 fully saturated rings. The van der Waals surface area contributed by atoms with Gasteiger partial charge in [0.1, 0.15) is 12.4 Å². The summed E-state index contributed by atoms with van der Waals surface area (Å²) in [7, 11) is 1.69. The van der Waals surface area contributed by atoms with Crippen molar-refractivity contribution < 1.29 is 23.1 Å². The van der Waals surface area contributed by atoms with Crippen LogP contribution in [0, 0.1) is 18.6 Å². The largest absolute Gasteiger partial charge is 0.465 e. The summed E-state index contributed by atoms with van der Waals surface area (Å²) < 4.78 is 35.7. The zero-order valence-corrected chi connectivity index (χ0v) is 15.6. The molecule has 0 aliphatic rings. The van der Waals surface area contributed by atoms with Gasteiger partial charge in [-0.3, -0.25) is 14.3 Å². The summed E-state index contributed by atoms with van der Waals surface area (Å²) in [5.41, 5.74) is 0.859. The summed E-state index contributed by atoms with van der Waals surface area (Å²) in [5.74, 6) is -2.89. The summed E-state index contributed by atoms with van der Waals surface area (Å²) in [6.45, 7) is 3.21. The number of rotatable bonds is 4. The lowest BCUT2D eigenvalue weighted by atomic mass is 10.3. The van der Waals surface area contributed by atoms with Gasteiger partial charge in [0.15, 0.2) is 16.3 Å². The highest BCUT2D eigenvalue weighted by molar-refractivity contribution is 7.16. The number of aryl methyl sites for hydroxylation is 2. The summed E-state index contributed by atoms with van der Waals surface area (Å²) in [6.07, 6.45) is 0. The molecular weight excluding hydrogens is 378 g/mol. The van der Waals surface area contributed by atoms with Gasteiger partial charge in [-0.15, -0.1) is 0 Å². The minimum atomic E-state index is -0.854. The summed E-state index contributed by atoms with van der Waals surface area (Å²) in [6, 6.07) is 3.40. The highest BCUT2D eigenvalue weighted by atomic mass is 32.1. The number of benzene rings is 1. The van der Waals surface area contributed by atoms with Crippen molar-refractivity contribution >= 4 is 33.4 Å². The van der Waals surface area contributed by atoms with E-state index in [9.17, 15) is 18.4 Å². The first-order valence-corrected chi connectivity index (χ1v) is 8.85. The fourth-order valence-corrected chi connectivity index (χ4v) is 3.57. The number of ether oxygens (including phenoxy) is 1. The van der Waals surface area contributed by atoms with Crippen LogP contribution in [0.1, 0.15) is 23.1 Å². The minimum Gasteiger partial charge on any atom is -0.465 e. The zero-order valence-electron chi connectivity index (χ0n) is 14.8. The average Bonchev–Trinajstić information content (AvgIpc) is 3.08. The minimum absolute atomic E-state index is 0.0156. The topological polar surface area (TPSA) is 78.5 Å². The smallest absolute Gasteiger partial charge is 0.326 e. The third-order valence-corrected chi connectivity index (χ3v) is 4.84. The van der Waals surface area contributed by atoms with Gasteiger partial charge in [0.05, 0.1) is 16.8 Å². The quantitative estimate of drug-likeness (QED) is 0.637.